The molecule has 1 aromatic rings. The number of halogens is 4. The Balaban J connectivity index is 1.33. The van der Waals surface area contributed by atoms with Gasteiger partial charge >= 0.3 is 18.3 Å². The van der Waals surface area contributed by atoms with E-state index in [1.807, 2.05) is 0 Å². The van der Waals surface area contributed by atoms with Crippen LogP contribution in [0, 0.1) is 5.82 Å². The molecule has 10 heteroatoms. The minimum atomic E-state index is -4.58. The van der Waals surface area contributed by atoms with E-state index >= 15 is 0 Å². The lowest BCUT2D eigenvalue weighted by Gasteiger charge is -2.48. The fourth-order valence-corrected chi connectivity index (χ4v) is 4.10. The molecule has 3 amide bonds. The maximum atomic E-state index is 14.2. The molecule has 3 heterocycles. The molecule has 3 fully saturated rings. The van der Waals surface area contributed by atoms with Crippen molar-refractivity contribution in [1.82, 2.24) is 15.1 Å². The van der Waals surface area contributed by atoms with Gasteiger partial charge in [0, 0.05) is 13.1 Å². The van der Waals surface area contributed by atoms with Crippen LogP contribution >= 0.6 is 0 Å². The van der Waals surface area contributed by atoms with Crippen LogP contribution < -0.4 is 5.32 Å². The van der Waals surface area contributed by atoms with Gasteiger partial charge < -0.3 is 19.9 Å². The molecule has 3 aliphatic heterocycles. The number of likely N-dealkylation sites (tertiary alicyclic amines) is 2. The van der Waals surface area contributed by atoms with Gasteiger partial charge in [0.1, 0.15) is 18.0 Å². The summed E-state index contributed by atoms with van der Waals surface area (Å²) in [4.78, 5) is 27.0. The summed E-state index contributed by atoms with van der Waals surface area (Å²) >= 11 is 0. The molecule has 0 aliphatic carbocycles. The molecule has 1 spiro atoms. The van der Waals surface area contributed by atoms with Crippen molar-refractivity contribution < 1.29 is 31.9 Å². The number of rotatable bonds is 1. The number of cyclic esters (lactones) is 1. The molecule has 0 radical (unpaired) electrons. The zero-order valence-corrected chi connectivity index (χ0v) is 14.9. The molecule has 3 aliphatic rings. The van der Waals surface area contributed by atoms with Gasteiger partial charge in [-0.05, 0) is 36.5 Å². The van der Waals surface area contributed by atoms with Gasteiger partial charge in [0.05, 0.1) is 18.7 Å². The number of nitrogens with one attached hydrogen (secondary N) is 1. The number of ether oxygens (including phenoxy) is 1. The molecule has 3 saturated heterocycles. The molecular weight excluding hydrogens is 382 g/mol. The second-order valence-electron chi connectivity index (χ2n) is 7.62. The third kappa shape index (κ3) is 3.35. The highest BCUT2D eigenvalue weighted by Crippen LogP contribution is 2.35. The zero-order valence-electron chi connectivity index (χ0n) is 14.9. The highest BCUT2D eigenvalue weighted by atomic mass is 19.4. The molecular formula is C18H19F4N3O3. The molecule has 0 unspecified atom stereocenters. The molecule has 28 heavy (non-hydrogen) atoms. The summed E-state index contributed by atoms with van der Waals surface area (Å²) in [5, 5.41) is 2.71. The zero-order chi connectivity index (χ0) is 20.1. The molecule has 152 valence electrons. The van der Waals surface area contributed by atoms with Crippen molar-refractivity contribution in [3.63, 3.8) is 0 Å². The van der Waals surface area contributed by atoms with Gasteiger partial charge in [-0.2, -0.15) is 13.2 Å². The Kier molecular flexibility index (Phi) is 4.39. The van der Waals surface area contributed by atoms with Crippen molar-refractivity contribution in [2.45, 2.75) is 30.5 Å². The Bertz CT molecular complexity index is 800. The van der Waals surface area contributed by atoms with E-state index in [0.29, 0.717) is 45.1 Å². The van der Waals surface area contributed by atoms with E-state index in [1.54, 1.807) is 9.80 Å². The normalized spacial score (nSPS) is 22.1. The lowest BCUT2D eigenvalue weighted by Crippen LogP contribution is -2.71. The number of alkyl carbamates (subject to hydrolysis) is 1. The maximum absolute atomic E-state index is 14.2. The molecule has 0 bridgehead atoms. The van der Waals surface area contributed by atoms with Crippen LogP contribution in [0.3, 0.4) is 0 Å². The number of hydrogen-bond donors (Lipinski definition) is 1. The lowest BCUT2D eigenvalue weighted by atomic mass is 9.88. The third-order valence-corrected chi connectivity index (χ3v) is 5.64. The van der Waals surface area contributed by atoms with Crippen molar-refractivity contribution >= 4 is 12.1 Å². The molecule has 1 aromatic carbocycles. The predicted octanol–water partition coefficient (Wildman–Crippen LogP) is 2.94. The van der Waals surface area contributed by atoms with Crippen LogP contribution in [0.5, 0.6) is 0 Å². The number of urea groups is 1. The highest BCUT2D eigenvalue weighted by molar-refractivity contribution is 5.78. The lowest BCUT2D eigenvalue weighted by molar-refractivity contribution is -0.137. The predicted molar refractivity (Wildman–Crippen MR) is 89.1 cm³/mol. The third-order valence-electron chi connectivity index (χ3n) is 5.64. The average Bonchev–Trinajstić information content (AvgIpc) is 3.01. The van der Waals surface area contributed by atoms with Crippen molar-refractivity contribution in [2.24, 2.45) is 0 Å². The fraction of sp³-hybridized carbons (Fsp3) is 0.556. The highest BCUT2D eigenvalue weighted by Gasteiger charge is 2.52. The van der Waals surface area contributed by atoms with Gasteiger partial charge in [0.2, 0.25) is 0 Å². The monoisotopic (exact) mass is 401 g/mol. The van der Waals surface area contributed by atoms with E-state index in [9.17, 15) is 27.2 Å². The first kappa shape index (κ1) is 18.8. The van der Waals surface area contributed by atoms with Crippen LogP contribution in [-0.4, -0.2) is 60.2 Å². The Morgan fingerprint density at radius 3 is 2.39 bits per heavy atom. The van der Waals surface area contributed by atoms with Gasteiger partial charge in [-0.3, -0.25) is 0 Å². The average molecular weight is 401 g/mol. The Morgan fingerprint density at radius 2 is 1.86 bits per heavy atom. The first-order chi connectivity index (χ1) is 13.2. The molecule has 4 rings (SSSR count). The Labute approximate surface area is 158 Å². The molecule has 1 N–H and O–H groups in total. The van der Waals surface area contributed by atoms with Gasteiger partial charge in [0.15, 0.2) is 0 Å². The smallest absolute Gasteiger partial charge is 0.416 e. The molecule has 0 aromatic heterocycles. The maximum Gasteiger partial charge on any atom is 0.416 e. The number of hydrogen-bond acceptors (Lipinski definition) is 3. The first-order valence-electron chi connectivity index (χ1n) is 9.02. The van der Waals surface area contributed by atoms with Crippen molar-refractivity contribution in [3.8, 4) is 0 Å². The van der Waals surface area contributed by atoms with Crippen LogP contribution in [0.15, 0.2) is 18.2 Å². The Hall–Kier alpha value is -2.52. The topological polar surface area (TPSA) is 61.9 Å². The Morgan fingerprint density at radius 1 is 1.18 bits per heavy atom. The summed E-state index contributed by atoms with van der Waals surface area (Å²) in [6, 6.07) is 2.47. The first-order valence-corrected chi connectivity index (χ1v) is 9.02. The van der Waals surface area contributed by atoms with Crippen molar-refractivity contribution in [1.29, 1.82) is 0 Å². The number of carbonyl (C=O) groups excluding carboxylic acids is 2. The van der Waals surface area contributed by atoms with Gasteiger partial charge in [-0.15, -0.1) is 0 Å². The number of nitrogens with zero attached hydrogens (tertiary/aromatic N) is 2. The number of benzene rings is 1. The summed E-state index contributed by atoms with van der Waals surface area (Å²) in [7, 11) is 0. The number of alkyl halides is 3. The molecule has 6 nitrogen and oxygen atoms in total. The summed E-state index contributed by atoms with van der Waals surface area (Å²) in [6.07, 6.45) is -4.10. The van der Waals surface area contributed by atoms with Crippen molar-refractivity contribution in [3.05, 3.63) is 35.1 Å². The van der Waals surface area contributed by atoms with E-state index in [4.69, 9.17) is 4.74 Å². The standard InChI is InChI=1S/C18H19F4N3O3/c19-14-7-12(18(20,21)22)1-2-13(14)11-3-5-24(6-4-11)16(27)25-8-17(9-25)10-28-15(26)23-17/h1-2,7,11H,3-6,8-10H2,(H,23,26). The van der Waals surface area contributed by atoms with Crippen molar-refractivity contribution in [2.75, 3.05) is 32.8 Å². The van der Waals surface area contributed by atoms with Crippen LogP contribution in [0.4, 0.5) is 27.2 Å². The largest absolute Gasteiger partial charge is 0.447 e. The van der Waals surface area contributed by atoms with Gasteiger partial charge in [0.25, 0.3) is 0 Å². The minimum absolute atomic E-state index is 0.155. The summed E-state index contributed by atoms with van der Waals surface area (Å²) in [5.41, 5.74) is -1.24. The molecule has 0 saturated carbocycles. The van der Waals surface area contributed by atoms with E-state index in [1.165, 1.54) is 6.07 Å². The fourth-order valence-electron chi connectivity index (χ4n) is 4.10. The number of amides is 3. The molecule has 0 atom stereocenters. The van der Waals surface area contributed by atoms with Crippen LogP contribution in [0.2, 0.25) is 0 Å². The number of carbonyl (C=O) groups is 2. The van der Waals surface area contributed by atoms with Crippen LogP contribution in [0.25, 0.3) is 0 Å². The SMILES string of the molecule is O=C1NC2(CO1)CN(C(=O)N1CCC(c3ccc(C(F)(F)F)cc3F)CC1)C2. The second-order valence-corrected chi connectivity index (χ2v) is 7.62. The summed E-state index contributed by atoms with van der Waals surface area (Å²) < 4.78 is 57.1. The minimum Gasteiger partial charge on any atom is -0.447 e. The second kappa shape index (κ2) is 6.52. The summed E-state index contributed by atoms with van der Waals surface area (Å²) in [6.45, 7) is 1.80. The van der Waals surface area contributed by atoms with Crippen LogP contribution in [-0.2, 0) is 10.9 Å². The quantitative estimate of drug-likeness (QED) is 0.736. The van der Waals surface area contributed by atoms with E-state index in [0.717, 1.165) is 6.07 Å². The van der Waals surface area contributed by atoms with E-state index in [2.05, 4.69) is 5.32 Å². The van der Waals surface area contributed by atoms with Gasteiger partial charge in [-0.25, -0.2) is 14.0 Å². The summed E-state index contributed by atoms with van der Waals surface area (Å²) in [5.74, 6) is -1.09. The van der Waals surface area contributed by atoms with E-state index < -0.39 is 29.2 Å². The van der Waals surface area contributed by atoms with E-state index in [-0.39, 0.29) is 24.1 Å². The number of piperidine rings is 1. The van der Waals surface area contributed by atoms with Crippen LogP contribution in [0.1, 0.15) is 29.9 Å². The van der Waals surface area contributed by atoms with Gasteiger partial charge in [-0.1, -0.05) is 6.07 Å².